The largest absolute Gasteiger partial charge is 0.396 e. The van der Waals surface area contributed by atoms with Gasteiger partial charge >= 0.3 is 0 Å². The molecule has 106 valence electrons. The number of nitrogens with zero attached hydrogens (tertiary/aromatic N) is 1. The minimum absolute atomic E-state index is 0.0502. The zero-order chi connectivity index (χ0) is 15.0. The van der Waals surface area contributed by atoms with Crippen LogP contribution in [0.4, 0.5) is 15.8 Å². The van der Waals surface area contributed by atoms with Crippen molar-refractivity contribution in [1.29, 1.82) is 0 Å². The number of carbonyl (C=O) groups is 1. The van der Waals surface area contributed by atoms with Gasteiger partial charge in [0.1, 0.15) is 16.2 Å². The number of nitrogens with two attached hydrogens (primary N) is 1. The first-order chi connectivity index (χ1) is 10.1. The summed E-state index contributed by atoms with van der Waals surface area (Å²) in [4.78, 5) is 16.7. The van der Waals surface area contributed by atoms with Crippen LogP contribution in [-0.2, 0) is 0 Å². The third-order valence-electron chi connectivity index (χ3n) is 2.87. The molecule has 2 aromatic heterocycles. The van der Waals surface area contributed by atoms with Crippen LogP contribution in [0.2, 0.25) is 5.02 Å². The van der Waals surface area contributed by atoms with E-state index < -0.39 is 11.7 Å². The van der Waals surface area contributed by atoms with Gasteiger partial charge in [0.15, 0.2) is 0 Å². The van der Waals surface area contributed by atoms with Crippen LogP contribution in [0.3, 0.4) is 0 Å². The average molecular weight is 322 g/mol. The summed E-state index contributed by atoms with van der Waals surface area (Å²) in [5.41, 5.74) is 6.85. The number of nitrogens with one attached hydrogen (secondary N) is 1. The van der Waals surface area contributed by atoms with Crippen molar-refractivity contribution in [2.24, 2.45) is 0 Å². The lowest BCUT2D eigenvalue weighted by Gasteiger charge is -2.05. The zero-order valence-corrected chi connectivity index (χ0v) is 12.1. The number of benzene rings is 1. The Hall–Kier alpha value is -2.18. The summed E-state index contributed by atoms with van der Waals surface area (Å²) in [5.74, 6) is -1.08. The molecule has 0 bridgehead atoms. The highest BCUT2D eigenvalue weighted by molar-refractivity contribution is 7.21. The molecule has 0 saturated heterocycles. The van der Waals surface area contributed by atoms with E-state index in [0.717, 1.165) is 10.8 Å². The zero-order valence-electron chi connectivity index (χ0n) is 10.6. The highest BCUT2D eigenvalue weighted by atomic mass is 35.5. The van der Waals surface area contributed by atoms with Gasteiger partial charge in [-0.1, -0.05) is 11.6 Å². The molecule has 0 unspecified atom stereocenters. The molecule has 0 atom stereocenters. The molecule has 0 saturated carbocycles. The molecule has 0 aliphatic rings. The Balaban J connectivity index is 1.95. The molecule has 3 N–H and O–H groups in total. The number of nitrogen functional groups attached to an aromatic ring is 1. The molecule has 1 aromatic carbocycles. The number of carbonyl (C=O) groups excluding carboxylic acids is 1. The number of anilines is 2. The number of halogens is 2. The number of aromatic nitrogens is 1. The molecule has 7 heteroatoms. The molecule has 3 rings (SSSR count). The van der Waals surface area contributed by atoms with Crippen molar-refractivity contribution in [1.82, 2.24) is 4.98 Å². The van der Waals surface area contributed by atoms with Crippen molar-refractivity contribution in [2.75, 3.05) is 11.1 Å². The van der Waals surface area contributed by atoms with Crippen LogP contribution in [0.1, 0.15) is 9.67 Å². The normalized spacial score (nSPS) is 10.8. The maximum atomic E-state index is 13.7. The molecule has 0 spiro atoms. The van der Waals surface area contributed by atoms with Gasteiger partial charge in [-0.3, -0.25) is 9.78 Å². The lowest BCUT2D eigenvalue weighted by molar-refractivity contribution is 0.103. The van der Waals surface area contributed by atoms with Crippen molar-refractivity contribution in [3.8, 4) is 0 Å². The van der Waals surface area contributed by atoms with Crippen molar-refractivity contribution in [2.45, 2.75) is 0 Å². The third kappa shape index (κ3) is 2.55. The summed E-state index contributed by atoms with van der Waals surface area (Å²) in [6.07, 6.45) is 1.60. The van der Waals surface area contributed by atoms with E-state index in [9.17, 15) is 9.18 Å². The van der Waals surface area contributed by atoms with Crippen molar-refractivity contribution in [3.05, 3.63) is 52.2 Å². The van der Waals surface area contributed by atoms with E-state index in [1.807, 2.05) is 6.07 Å². The molecular weight excluding hydrogens is 313 g/mol. The second kappa shape index (κ2) is 5.31. The van der Waals surface area contributed by atoms with Gasteiger partial charge in [-0.15, -0.1) is 11.3 Å². The standard InChI is InChI=1S/C14H9ClFN3OS/c15-7-3-4-9(8(16)6-7)19-14(20)13-11(17)12-10(21-13)2-1-5-18-12/h1-6H,17H2,(H,19,20). The van der Waals surface area contributed by atoms with E-state index in [1.54, 1.807) is 12.3 Å². The highest BCUT2D eigenvalue weighted by Crippen LogP contribution is 2.32. The highest BCUT2D eigenvalue weighted by Gasteiger charge is 2.18. The number of hydrogen-bond donors (Lipinski definition) is 2. The van der Waals surface area contributed by atoms with Crippen LogP contribution in [0.15, 0.2) is 36.5 Å². The van der Waals surface area contributed by atoms with Crippen molar-refractivity contribution in [3.63, 3.8) is 0 Å². The third-order valence-corrected chi connectivity index (χ3v) is 4.26. The smallest absolute Gasteiger partial charge is 0.268 e. The topological polar surface area (TPSA) is 68.0 Å². The summed E-state index contributed by atoms with van der Waals surface area (Å²) < 4.78 is 14.5. The minimum atomic E-state index is -0.603. The van der Waals surface area contributed by atoms with E-state index in [0.29, 0.717) is 16.1 Å². The molecule has 0 fully saturated rings. The van der Waals surface area contributed by atoms with Crippen molar-refractivity contribution >= 4 is 50.4 Å². The number of hydrogen-bond acceptors (Lipinski definition) is 4. The van der Waals surface area contributed by atoms with Gasteiger partial charge in [-0.05, 0) is 30.3 Å². The Bertz CT molecular complexity index is 849. The average Bonchev–Trinajstić information content (AvgIpc) is 2.80. The maximum absolute atomic E-state index is 13.7. The predicted octanol–water partition coefficient (Wildman–Crippen LogP) is 3.92. The fraction of sp³-hybridized carbons (Fsp3) is 0. The summed E-state index contributed by atoms with van der Waals surface area (Å²) >= 11 is 6.88. The monoisotopic (exact) mass is 321 g/mol. The summed E-state index contributed by atoms with van der Waals surface area (Å²) in [5, 5.41) is 2.75. The second-order valence-electron chi connectivity index (χ2n) is 4.27. The fourth-order valence-corrected chi connectivity index (χ4v) is 3.02. The van der Waals surface area contributed by atoms with Gasteiger partial charge in [0, 0.05) is 11.2 Å². The maximum Gasteiger partial charge on any atom is 0.268 e. The number of fused-ring (bicyclic) bond motifs is 1. The number of pyridine rings is 1. The molecule has 21 heavy (non-hydrogen) atoms. The Morgan fingerprint density at radius 2 is 2.19 bits per heavy atom. The Labute approximate surface area is 128 Å². The van der Waals surface area contributed by atoms with Gasteiger partial charge in [0.25, 0.3) is 5.91 Å². The summed E-state index contributed by atoms with van der Waals surface area (Å²) in [7, 11) is 0. The predicted molar refractivity (Wildman–Crippen MR) is 83.4 cm³/mol. The van der Waals surface area contributed by atoms with Gasteiger partial charge < -0.3 is 11.1 Å². The first kappa shape index (κ1) is 13.8. The molecule has 3 aromatic rings. The van der Waals surface area contributed by atoms with Crippen LogP contribution in [0.25, 0.3) is 10.2 Å². The molecule has 0 radical (unpaired) electrons. The fourth-order valence-electron chi connectivity index (χ4n) is 1.89. The molecule has 0 aliphatic carbocycles. The van der Waals surface area contributed by atoms with Gasteiger partial charge in [-0.25, -0.2) is 4.39 Å². The van der Waals surface area contributed by atoms with Crippen LogP contribution >= 0.6 is 22.9 Å². The summed E-state index contributed by atoms with van der Waals surface area (Å²) in [6, 6.07) is 7.61. The Morgan fingerprint density at radius 3 is 2.90 bits per heavy atom. The SMILES string of the molecule is Nc1c(C(=O)Nc2ccc(Cl)cc2F)sc2cccnc12. The number of rotatable bonds is 2. The molecule has 2 heterocycles. The summed E-state index contributed by atoms with van der Waals surface area (Å²) in [6.45, 7) is 0. The Kier molecular flexibility index (Phi) is 3.48. The molecule has 0 aliphatic heterocycles. The number of thiophene rings is 1. The molecule has 1 amide bonds. The van der Waals surface area contributed by atoms with E-state index in [2.05, 4.69) is 10.3 Å². The first-order valence-electron chi connectivity index (χ1n) is 5.95. The van der Waals surface area contributed by atoms with E-state index in [-0.39, 0.29) is 10.7 Å². The van der Waals surface area contributed by atoms with Gasteiger partial charge in [-0.2, -0.15) is 0 Å². The Morgan fingerprint density at radius 1 is 1.38 bits per heavy atom. The van der Waals surface area contributed by atoms with Gasteiger partial charge in [0.2, 0.25) is 0 Å². The van der Waals surface area contributed by atoms with Crippen LogP contribution in [0, 0.1) is 5.82 Å². The van der Waals surface area contributed by atoms with E-state index in [1.165, 1.54) is 23.5 Å². The van der Waals surface area contributed by atoms with Crippen LogP contribution in [0.5, 0.6) is 0 Å². The van der Waals surface area contributed by atoms with E-state index >= 15 is 0 Å². The second-order valence-corrected chi connectivity index (χ2v) is 5.76. The van der Waals surface area contributed by atoms with Gasteiger partial charge in [0.05, 0.1) is 16.1 Å². The lowest BCUT2D eigenvalue weighted by Crippen LogP contribution is -2.13. The van der Waals surface area contributed by atoms with Crippen LogP contribution < -0.4 is 11.1 Å². The van der Waals surface area contributed by atoms with E-state index in [4.69, 9.17) is 17.3 Å². The van der Waals surface area contributed by atoms with Crippen LogP contribution in [-0.4, -0.2) is 10.9 Å². The molecule has 4 nitrogen and oxygen atoms in total. The van der Waals surface area contributed by atoms with Crippen molar-refractivity contribution < 1.29 is 9.18 Å². The molecular formula is C14H9ClFN3OS. The minimum Gasteiger partial charge on any atom is -0.396 e. The first-order valence-corrected chi connectivity index (χ1v) is 7.15. The number of amides is 1. The quantitative estimate of drug-likeness (QED) is 0.751. The lowest BCUT2D eigenvalue weighted by atomic mass is 10.2.